The smallest absolute Gasteiger partial charge is 0.304 e. The summed E-state index contributed by atoms with van der Waals surface area (Å²) in [6, 6.07) is -0.463. The minimum Gasteiger partial charge on any atom is -0.304 e. The maximum atomic E-state index is 10.9. The van der Waals surface area contributed by atoms with Gasteiger partial charge in [0, 0.05) is 18.6 Å². The molecule has 6 nitrogen and oxygen atoms in total. The minimum atomic E-state index is -0.463. The number of nitrogens with two attached hydrogens (primary N) is 1. The molecule has 1 rings (SSSR count). The summed E-state index contributed by atoms with van der Waals surface area (Å²) in [5.74, 6) is 4.92. The summed E-state index contributed by atoms with van der Waals surface area (Å²) >= 11 is 3.25. The van der Waals surface area contributed by atoms with Crippen molar-refractivity contribution >= 4 is 27.6 Å². The van der Waals surface area contributed by atoms with Gasteiger partial charge >= 0.3 is 6.03 Å². The van der Waals surface area contributed by atoms with Gasteiger partial charge in [-0.1, -0.05) is 15.9 Å². The van der Waals surface area contributed by atoms with Gasteiger partial charge in [0.05, 0.1) is 11.4 Å². The third kappa shape index (κ3) is 2.43. The van der Waals surface area contributed by atoms with Crippen LogP contribution in [0.4, 0.5) is 10.5 Å². The van der Waals surface area contributed by atoms with Crippen molar-refractivity contribution in [3.63, 3.8) is 0 Å². The lowest BCUT2D eigenvalue weighted by Crippen LogP contribution is -2.34. The SMILES string of the molecule is Cn1cc(NC(=O)NN)c(CBr)n1. The number of nitrogens with one attached hydrogen (secondary N) is 2. The van der Waals surface area contributed by atoms with Crippen LogP contribution < -0.4 is 16.6 Å². The van der Waals surface area contributed by atoms with Gasteiger partial charge in [0.25, 0.3) is 0 Å². The van der Waals surface area contributed by atoms with Crippen molar-refractivity contribution in [1.29, 1.82) is 0 Å². The van der Waals surface area contributed by atoms with Crippen LogP contribution in [0.5, 0.6) is 0 Å². The Balaban J connectivity index is 2.80. The fourth-order valence-electron chi connectivity index (χ4n) is 0.896. The first-order valence-electron chi connectivity index (χ1n) is 3.53. The number of rotatable bonds is 2. The lowest BCUT2D eigenvalue weighted by molar-refractivity contribution is 0.252. The first-order chi connectivity index (χ1) is 6.17. The molecule has 4 N–H and O–H groups in total. The Morgan fingerprint density at radius 1 is 1.85 bits per heavy atom. The van der Waals surface area contributed by atoms with Crippen LogP contribution in [0.15, 0.2) is 6.20 Å². The van der Waals surface area contributed by atoms with E-state index in [-0.39, 0.29) is 0 Å². The van der Waals surface area contributed by atoms with Crippen molar-refractivity contribution in [3.05, 3.63) is 11.9 Å². The third-order valence-corrected chi connectivity index (χ3v) is 1.94. The van der Waals surface area contributed by atoms with Crippen LogP contribution in [0.25, 0.3) is 0 Å². The molecule has 0 saturated carbocycles. The van der Waals surface area contributed by atoms with E-state index in [1.807, 2.05) is 5.43 Å². The first-order valence-corrected chi connectivity index (χ1v) is 4.65. The normalized spacial score (nSPS) is 9.77. The number of halogens is 1. The quantitative estimate of drug-likeness (QED) is 0.305. The number of aryl methyl sites for hydroxylation is 1. The molecule has 0 aliphatic heterocycles. The monoisotopic (exact) mass is 247 g/mol. The summed E-state index contributed by atoms with van der Waals surface area (Å²) in [6.45, 7) is 0. The van der Waals surface area contributed by atoms with Gasteiger partial charge in [-0.15, -0.1) is 0 Å². The van der Waals surface area contributed by atoms with Crippen molar-refractivity contribution < 1.29 is 4.79 Å². The maximum Gasteiger partial charge on any atom is 0.333 e. The highest BCUT2D eigenvalue weighted by Gasteiger charge is 2.08. The zero-order valence-corrected chi connectivity index (χ0v) is 8.63. The largest absolute Gasteiger partial charge is 0.333 e. The molecule has 0 unspecified atom stereocenters. The van der Waals surface area contributed by atoms with Gasteiger partial charge in [0.2, 0.25) is 0 Å². The highest BCUT2D eigenvalue weighted by atomic mass is 79.9. The zero-order chi connectivity index (χ0) is 9.84. The predicted octanol–water partition coefficient (Wildman–Crippen LogP) is 0.310. The van der Waals surface area contributed by atoms with E-state index in [1.54, 1.807) is 17.9 Å². The van der Waals surface area contributed by atoms with Crippen molar-refractivity contribution in [3.8, 4) is 0 Å². The van der Waals surface area contributed by atoms with Crippen LogP contribution in [0.3, 0.4) is 0 Å². The van der Waals surface area contributed by atoms with Gasteiger partial charge in [-0.2, -0.15) is 5.10 Å². The number of hydrogen-bond donors (Lipinski definition) is 3. The highest BCUT2D eigenvalue weighted by molar-refractivity contribution is 9.08. The Bertz CT molecular complexity index is 310. The topological polar surface area (TPSA) is 85.0 Å². The van der Waals surface area contributed by atoms with E-state index in [0.717, 1.165) is 5.69 Å². The van der Waals surface area contributed by atoms with Crippen molar-refractivity contribution in [1.82, 2.24) is 15.2 Å². The molecule has 0 fully saturated rings. The number of urea groups is 1. The van der Waals surface area contributed by atoms with Gasteiger partial charge in [0.15, 0.2) is 0 Å². The Morgan fingerprint density at radius 3 is 3.08 bits per heavy atom. The van der Waals surface area contributed by atoms with Gasteiger partial charge in [-0.05, 0) is 0 Å². The van der Waals surface area contributed by atoms with E-state index in [9.17, 15) is 4.79 Å². The molecule has 72 valence electrons. The fraction of sp³-hybridized carbons (Fsp3) is 0.333. The first kappa shape index (κ1) is 10.0. The number of anilines is 1. The molecule has 0 aliphatic rings. The second-order valence-corrected chi connectivity index (χ2v) is 2.96. The lowest BCUT2D eigenvalue weighted by Gasteiger charge is -2.01. The molecule has 2 amide bonds. The molecule has 1 aromatic heterocycles. The summed E-state index contributed by atoms with van der Waals surface area (Å²) in [4.78, 5) is 10.9. The Labute approximate surface area is 83.6 Å². The van der Waals surface area contributed by atoms with Crippen molar-refractivity contribution in [2.75, 3.05) is 5.32 Å². The molecule has 0 bridgehead atoms. The molecule has 7 heteroatoms. The number of carbonyl (C=O) groups is 1. The predicted molar refractivity (Wildman–Crippen MR) is 52.2 cm³/mol. The number of alkyl halides is 1. The van der Waals surface area contributed by atoms with E-state index < -0.39 is 6.03 Å². The summed E-state index contributed by atoms with van der Waals surface area (Å²) in [5, 5.41) is 7.22. The zero-order valence-electron chi connectivity index (χ0n) is 7.04. The average molecular weight is 248 g/mol. The highest BCUT2D eigenvalue weighted by Crippen LogP contribution is 2.15. The molecule has 1 heterocycles. The molecule has 0 atom stereocenters. The van der Waals surface area contributed by atoms with Crippen LogP contribution in [-0.2, 0) is 12.4 Å². The molecule has 0 aromatic carbocycles. The van der Waals surface area contributed by atoms with Crippen LogP contribution >= 0.6 is 15.9 Å². The van der Waals surface area contributed by atoms with E-state index in [2.05, 4.69) is 26.3 Å². The second-order valence-electron chi connectivity index (χ2n) is 2.40. The molecule has 0 spiro atoms. The van der Waals surface area contributed by atoms with E-state index in [4.69, 9.17) is 5.84 Å². The average Bonchev–Trinajstić information content (AvgIpc) is 2.46. The number of carbonyl (C=O) groups excluding carboxylic acids is 1. The fourth-order valence-corrected chi connectivity index (χ4v) is 1.31. The van der Waals surface area contributed by atoms with E-state index in [0.29, 0.717) is 11.0 Å². The maximum absolute atomic E-state index is 10.9. The van der Waals surface area contributed by atoms with Crippen LogP contribution in [-0.4, -0.2) is 15.8 Å². The summed E-state index contributed by atoms with van der Waals surface area (Å²) < 4.78 is 1.61. The third-order valence-electron chi connectivity index (χ3n) is 1.41. The Hall–Kier alpha value is -1.08. The molecular weight excluding hydrogens is 238 g/mol. The number of aromatic nitrogens is 2. The van der Waals surface area contributed by atoms with Crippen LogP contribution in [0, 0.1) is 0 Å². The van der Waals surface area contributed by atoms with Gasteiger partial charge in [0.1, 0.15) is 0 Å². The molecule has 13 heavy (non-hydrogen) atoms. The number of hydrogen-bond acceptors (Lipinski definition) is 3. The van der Waals surface area contributed by atoms with E-state index in [1.165, 1.54) is 0 Å². The molecule has 1 aromatic rings. The molecule has 0 radical (unpaired) electrons. The van der Waals surface area contributed by atoms with Gasteiger partial charge < -0.3 is 5.32 Å². The Morgan fingerprint density at radius 2 is 2.54 bits per heavy atom. The molecule has 0 aliphatic carbocycles. The van der Waals surface area contributed by atoms with Gasteiger partial charge in [-0.3, -0.25) is 10.1 Å². The standard InChI is InChI=1S/C6H10BrN5O/c1-12-3-5(4(2-7)11-12)9-6(13)10-8/h3H,2,8H2,1H3,(H2,9,10,13). The number of amides is 2. The Kier molecular flexibility index (Phi) is 3.26. The van der Waals surface area contributed by atoms with Crippen LogP contribution in [0.1, 0.15) is 5.69 Å². The summed E-state index contributed by atoms with van der Waals surface area (Å²) in [5.41, 5.74) is 3.37. The number of nitrogens with zero attached hydrogens (tertiary/aromatic N) is 2. The van der Waals surface area contributed by atoms with E-state index >= 15 is 0 Å². The molecular formula is C6H10BrN5O. The number of hydrazine groups is 1. The van der Waals surface area contributed by atoms with Crippen molar-refractivity contribution in [2.24, 2.45) is 12.9 Å². The lowest BCUT2D eigenvalue weighted by atomic mass is 10.4. The van der Waals surface area contributed by atoms with Crippen LogP contribution in [0.2, 0.25) is 0 Å². The summed E-state index contributed by atoms with van der Waals surface area (Å²) in [6.07, 6.45) is 1.70. The van der Waals surface area contributed by atoms with Gasteiger partial charge in [-0.25, -0.2) is 10.6 Å². The summed E-state index contributed by atoms with van der Waals surface area (Å²) in [7, 11) is 1.78. The second kappa shape index (κ2) is 4.24. The molecule has 0 saturated heterocycles. The van der Waals surface area contributed by atoms with Crippen molar-refractivity contribution in [2.45, 2.75) is 5.33 Å². The minimum absolute atomic E-state index is 0.463.